The van der Waals surface area contributed by atoms with Crippen LogP contribution in [0.15, 0.2) is 44.8 Å². The fourth-order valence-corrected chi connectivity index (χ4v) is 3.47. The van der Waals surface area contributed by atoms with E-state index in [0.717, 1.165) is 9.75 Å². The van der Waals surface area contributed by atoms with Gasteiger partial charge in [0.1, 0.15) is 5.69 Å². The molecule has 4 rings (SSSR count). The number of carbonyl (C=O) groups excluding carboxylic acids is 1. The number of aromatic nitrogens is 5. The Bertz CT molecular complexity index is 1050. The van der Waals surface area contributed by atoms with Crippen molar-refractivity contribution in [3.63, 3.8) is 0 Å². The molecule has 12 heteroatoms. The van der Waals surface area contributed by atoms with Gasteiger partial charge in [0.2, 0.25) is 11.6 Å². The lowest BCUT2D eigenvalue weighted by molar-refractivity contribution is 0.0951. The first kappa shape index (κ1) is 16.1. The molecule has 0 fully saturated rings. The predicted octanol–water partition coefficient (Wildman–Crippen LogP) is 1.79. The third kappa shape index (κ3) is 2.98. The van der Waals surface area contributed by atoms with Crippen LogP contribution >= 0.6 is 22.7 Å². The molecule has 130 valence electrons. The van der Waals surface area contributed by atoms with Crippen LogP contribution in [0.25, 0.3) is 16.4 Å². The van der Waals surface area contributed by atoms with Crippen LogP contribution in [0.5, 0.6) is 0 Å². The molecular weight excluding hydrogens is 376 g/mol. The molecule has 4 aromatic rings. The molecule has 1 amide bonds. The van der Waals surface area contributed by atoms with Gasteiger partial charge in [-0.15, -0.1) is 27.8 Å². The van der Waals surface area contributed by atoms with Crippen LogP contribution < -0.4 is 11.2 Å². The van der Waals surface area contributed by atoms with E-state index >= 15 is 0 Å². The van der Waals surface area contributed by atoms with Gasteiger partial charge in [0, 0.05) is 4.88 Å². The molecule has 4 heterocycles. The first-order chi connectivity index (χ1) is 12.7. The van der Waals surface area contributed by atoms with Crippen LogP contribution in [0.1, 0.15) is 15.4 Å². The van der Waals surface area contributed by atoms with E-state index in [1.807, 2.05) is 35.0 Å². The summed E-state index contributed by atoms with van der Waals surface area (Å²) in [5.41, 5.74) is 8.69. The molecule has 10 nitrogen and oxygen atoms in total. The number of anilines is 1. The molecule has 0 aliphatic carbocycles. The van der Waals surface area contributed by atoms with Crippen molar-refractivity contribution in [3.05, 3.63) is 45.6 Å². The minimum absolute atomic E-state index is 0.0374. The van der Waals surface area contributed by atoms with Crippen LogP contribution in [0, 0.1) is 0 Å². The number of nitrogens with zero attached hydrogens (tertiary/aromatic N) is 6. The van der Waals surface area contributed by atoms with Gasteiger partial charge >= 0.3 is 0 Å². The first-order valence-corrected chi connectivity index (χ1v) is 8.95. The van der Waals surface area contributed by atoms with Crippen LogP contribution in [0.3, 0.4) is 0 Å². The second-order valence-electron chi connectivity index (χ2n) is 4.86. The maximum Gasteiger partial charge on any atom is 0.294 e. The summed E-state index contributed by atoms with van der Waals surface area (Å²) in [6, 6.07) is 7.45. The lowest BCUT2D eigenvalue weighted by Crippen LogP contribution is -2.19. The smallest absolute Gasteiger partial charge is 0.294 e. The predicted molar refractivity (Wildman–Crippen MR) is 96.3 cm³/mol. The van der Waals surface area contributed by atoms with E-state index in [2.05, 4.69) is 35.8 Å². The Labute approximate surface area is 153 Å². The van der Waals surface area contributed by atoms with Crippen molar-refractivity contribution < 1.29 is 9.42 Å². The zero-order chi connectivity index (χ0) is 17.9. The van der Waals surface area contributed by atoms with Crippen LogP contribution in [0.2, 0.25) is 0 Å². The van der Waals surface area contributed by atoms with Crippen molar-refractivity contribution in [1.82, 2.24) is 30.7 Å². The van der Waals surface area contributed by atoms with Crippen molar-refractivity contribution >= 4 is 40.6 Å². The van der Waals surface area contributed by atoms with Gasteiger partial charge in [-0.25, -0.2) is 10.1 Å². The Kier molecular flexibility index (Phi) is 4.25. The van der Waals surface area contributed by atoms with Crippen LogP contribution in [-0.4, -0.2) is 37.4 Å². The quantitative estimate of drug-likeness (QED) is 0.394. The third-order valence-corrected chi connectivity index (χ3v) is 4.92. The summed E-state index contributed by atoms with van der Waals surface area (Å²) in [5, 5.41) is 22.9. The lowest BCUT2D eigenvalue weighted by atomic mass is 10.2. The summed E-state index contributed by atoms with van der Waals surface area (Å²) in [6.45, 7) is 0. The minimum atomic E-state index is -0.512. The van der Waals surface area contributed by atoms with Crippen molar-refractivity contribution in [1.29, 1.82) is 0 Å². The summed E-state index contributed by atoms with van der Waals surface area (Å²) in [5.74, 6) is -0.320. The second-order valence-corrected chi connectivity index (χ2v) is 6.79. The highest BCUT2D eigenvalue weighted by atomic mass is 32.1. The van der Waals surface area contributed by atoms with Crippen molar-refractivity contribution in [2.45, 2.75) is 0 Å². The van der Waals surface area contributed by atoms with Gasteiger partial charge in [-0.1, -0.05) is 17.3 Å². The second kappa shape index (κ2) is 6.85. The monoisotopic (exact) mass is 386 g/mol. The molecule has 0 unspecified atom stereocenters. The Morgan fingerprint density at radius 2 is 2.12 bits per heavy atom. The molecule has 0 saturated heterocycles. The lowest BCUT2D eigenvalue weighted by Gasteiger charge is -2.02. The summed E-state index contributed by atoms with van der Waals surface area (Å²) < 4.78 is 5.93. The third-order valence-electron chi connectivity index (χ3n) is 3.24. The standard InChI is InChI=1S/C14H10N8O2S2/c15-12-13(20-24-19-12)22-11(9-4-2-6-26-9)10(17-21-22)14(23)18-16-7-8-3-1-5-25-8/h1-7H,(H2,15,19)(H,18,23)/b16-7-. The molecule has 0 aliphatic heterocycles. The zero-order valence-corrected chi connectivity index (χ0v) is 14.6. The van der Waals surface area contributed by atoms with Gasteiger partial charge in [-0.05, 0) is 33.2 Å². The molecule has 0 bridgehead atoms. The SMILES string of the molecule is Nc1nonc1-n1nnc(C(=O)N/N=C\c2cccs2)c1-c1cccs1. The molecule has 0 radical (unpaired) electrons. The van der Waals surface area contributed by atoms with Gasteiger partial charge in [-0.3, -0.25) is 4.79 Å². The van der Waals surface area contributed by atoms with Gasteiger partial charge in [0.15, 0.2) is 5.69 Å². The maximum absolute atomic E-state index is 12.5. The van der Waals surface area contributed by atoms with E-state index in [-0.39, 0.29) is 17.3 Å². The first-order valence-electron chi connectivity index (χ1n) is 7.19. The molecular formula is C14H10N8O2S2. The van der Waals surface area contributed by atoms with Crippen molar-refractivity contribution in [2.24, 2.45) is 5.10 Å². The Morgan fingerprint density at radius 1 is 1.27 bits per heavy atom. The Balaban J connectivity index is 1.69. The normalized spacial score (nSPS) is 11.2. The van der Waals surface area contributed by atoms with E-state index < -0.39 is 5.91 Å². The highest BCUT2D eigenvalue weighted by molar-refractivity contribution is 7.13. The highest BCUT2D eigenvalue weighted by Gasteiger charge is 2.25. The molecule has 0 aliphatic rings. The van der Waals surface area contributed by atoms with Crippen LogP contribution in [-0.2, 0) is 0 Å². The number of carbonyl (C=O) groups is 1. The number of hydrogen-bond acceptors (Lipinski definition) is 10. The zero-order valence-electron chi connectivity index (χ0n) is 12.9. The Hall–Kier alpha value is -3.38. The van der Waals surface area contributed by atoms with E-state index in [1.165, 1.54) is 27.4 Å². The van der Waals surface area contributed by atoms with Gasteiger partial charge in [0.25, 0.3) is 5.91 Å². The summed E-state index contributed by atoms with van der Waals surface area (Å²) in [7, 11) is 0. The van der Waals surface area contributed by atoms with Crippen LogP contribution in [0.4, 0.5) is 5.82 Å². The number of nitrogens with two attached hydrogens (primary N) is 1. The molecule has 0 saturated carbocycles. The van der Waals surface area contributed by atoms with Crippen molar-refractivity contribution in [3.8, 4) is 16.4 Å². The van der Waals surface area contributed by atoms with E-state index in [9.17, 15) is 4.79 Å². The number of hydrogen-bond donors (Lipinski definition) is 2. The summed E-state index contributed by atoms with van der Waals surface area (Å²) >= 11 is 2.92. The van der Waals surface area contributed by atoms with Gasteiger partial charge in [0.05, 0.1) is 11.1 Å². The number of nitrogens with one attached hydrogen (secondary N) is 1. The molecule has 0 aromatic carbocycles. The average molecular weight is 386 g/mol. The maximum atomic E-state index is 12.5. The molecule has 0 spiro atoms. The van der Waals surface area contributed by atoms with E-state index in [1.54, 1.807) is 6.21 Å². The van der Waals surface area contributed by atoms with Gasteiger partial charge < -0.3 is 5.73 Å². The molecule has 4 aromatic heterocycles. The largest absolute Gasteiger partial charge is 0.378 e. The number of amides is 1. The molecule has 26 heavy (non-hydrogen) atoms. The fourth-order valence-electron chi connectivity index (χ4n) is 2.13. The fraction of sp³-hybridized carbons (Fsp3) is 0. The summed E-state index contributed by atoms with van der Waals surface area (Å²) in [6.07, 6.45) is 1.55. The van der Waals surface area contributed by atoms with Gasteiger partial charge in [-0.2, -0.15) is 9.78 Å². The Morgan fingerprint density at radius 3 is 2.81 bits per heavy atom. The number of rotatable bonds is 5. The summed E-state index contributed by atoms with van der Waals surface area (Å²) in [4.78, 5) is 14.2. The number of thiophene rings is 2. The average Bonchev–Trinajstić information content (AvgIpc) is 3.41. The number of nitrogen functional groups attached to an aromatic ring is 1. The highest BCUT2D eigenvalue weighted by Crippen LogP contribution is 2.29. The van der Waals surface area contributed by atoms with E-state index in [0.29, 0.717) is 5.69 Å². The number of hydrazone groups is 1. The van der Waals surface area contributed by atoms with E-state index in [4.69, 9.17) is 5.73 Å². The molecule has 0 atom stereocenters. The van der Waals surface area contributed by atoms with Crippen molar-refractivity contribution in [2.75, 3.05) is 5.73 Å². The minimum Gasteiger partial charge on any atom is -0.378 e. The molecule has 3 N–H and O–H groups in total. The topological polar surface area (TPSA) is 137 Å².